The first-order chi connectivity index (χ1) is 6.56. The SMILES string of the molecule is NS(=O)(=O)CC1CSc2ccccc21. The van der Waals surface area contributed by atoms with Crippen LogP contribution in [-0.4, -0.2) is 19.9 Å². The third-order valence-corrected chi connectivity index (χ3v) is 4.35. The predicted octanol–water partition coefficient (Wildman–Crippen LogP) is 1.16. The Kier molecular flexibility index (Phi) is 2.55. The normalized spacial score (nSPS) is 20.8. The number of nitrogens with two attached hydrogens (primary N) is 1. The maximum atomic E-state index is 11.0. The molecule has 1 aromatic carbocycles. The van der Waals surface area contributed by atoms with E-state index < -0.39 is 10.0 Å². The lowest BCUT2D eigenvalue weighted by atomic mass is 10.0. The molecule has 0 fully saturated rings. The Bertz CT molecular complexity index is 442. The summed E-state index contributed by atoms with van der Waals surface area (Å²) < 4.78 is 21.9. The van der Waals surface area contributed by atoms with E-state index in [4.69, 9.17) is 5.14 Å². The highest BCUT2D eigenvalue weighted by molar-refractivity contribution is 7.99. The quantitative estimate of drug-likeness (QED) is 0.828. The molecule has 0 saturated carbocycles. The maximum absolute atomic E-state index is 11.0. The van der Waals surface area contributed by atoms with Crippen molar-refractivity contribution in [2.75, 3.05) is 11.5 Å². The molecule has 1 unspecified atom stereocenters. The molecule has 2 rings (SSSR count). The minimum atomic E-state index is -3.36. The summed E-state index contributed by atoms with van der Waals surface area (Å²) in [7, 11) is -3.36. The Balaban J connectivity index is 2.27. The summed E-state index contributed by atoms with van der Waals surface area (Å²) in [5, 5.41) is 5.04. The molecule has 76 valence electrons. The van der Waals surface area contributed by atoms with Crippen LogP contribution in [0.3, 0.4) is 0 Å². The molecule has 0 amide bonds. The molecular formula is C9H11NO2S2. The van der Waals surface area contributed by atoms with Gasteiger partial charge in [0, 0.05) is 16.6 Å². The number of hydrogen-bond donors (Lipinski definition) is 1. The van der Waals surface area contributed by atoms with Crippen LogP contribution in [0.4, 0.5) is 0 Å². The van der Waals surface area contributed by atoms with E-state index in [-0.39, 0.29) is 11.7 Å². The minimum Gasteiger partial charge on any atom is -0.229 e. The van der Waals surface area contributed by atoms with Crippen LogP contribution >= 0.6 is 11.8 Å². The van der Waals surface area contributed by atoms with Gasteiger partial charge in [-0.2, -0.15) is 0 Å². The average molecular weight is 229 g/mol. The van der Waals surface area contributed by atoms with Crippen LogP contribution in [0.25, 0.3) is 0 Å². The zero-order valence-electron chi connectivity index (χ0n) is 7.51. The Hall–Kier alpha value is -0.520. The largest absolute Gasteiger partial charge is 0.229 e. The van der Waals surface area contributed by atoms with Gasteiger partial charge in [-0.05, 0) is 11.6 Å². The molecule has 5 heteroatoms. The van der Waals surface area contributed by atoms with E-state index in [1.807, 2.05) is 24.3 Å². The van der Waals surface area contributed by atoms with Gasteiger partial charge in [-0.15, -0.1) is 11.8 Å². The zero-order valence-corrected chi connectivity index (χ0v) is 9.14. The van der Waals surface area contributed by atoms with Crippen LogP contribution in [0, 0.1) is 0 Å². The molecule has 0 radical (unpaired) electrons. The van der Waals surface area contributed by atoms with Crippen molar-refractivity contribution in [3.8, 4) is 0 Å². The van der Waals surface area contributed by atoms with Crippen LogP contribution in [0.2, 0.25) is 0 Å². The second-order valence-electron chi connectivity index (χ2n) is 3.38. The van der Waals surface area contributed by atoms with E-state index in [9.17, 15) is 8.42 Å². The summed E-state index contributed by atoms with van der Waals surface area (Å²) in [5.74, 6) is 0.929. The minimum absolute atomic E-state index is 0.0526. The van der Waals surface area contributed by atoms with Gasteiger partial charge in [-0.3, -0.25) is 0 Å². The fourth-order valence-corrected chi connectivity index (χ4v) is 3.91. The number of sulfonamides is 1. The Morgan fingerprint density at radius 1 is 1.43 bits per heavy atom. The first-order valence-electron chi connectivity index (χ1n) is 4.28. The second-order valence-corrected chi connectivity index (χ2v) is 6.10. The second kappa shape index (κ2) is 3.56. The van der Waals surface area contributed by atoms with Crippen molar-refractivity contribution in [1.29, 1.82) is 0 Å². The highest BCUT2D eigenvalue weighted by Crippen LogP contribution is 2.39. The van der Waals surface area contributed by atoms with Crippen molar-refractivity contribution in [3.63, 3.8) is 0 Å². The van der Waals surface area contributed by atoms with E-state index in [1.165, 1.54) is 4.90 Å². The number of thioether (sulfide) groups is 1. The van der Waals surface area contributed by atoms with Crippen LogP contribution in [0.1, 0.15) is 11.5 Å². The summed E-state index contributed by atoms with van der Waals surface area (Å²) in [6.45, 7) is 0. The van der Waals surface area contributed by atoms with Crippen molar-refractivity contribution in [1.82, 2.24) is 0 Å². The summed E-state index contributed by atoms with van der Waals surface area (Å²) in [5.41, 5.74) is 1.12. The predicted molar refractivity (Wildman–Crippen MR) is 57.9 cm³/mol. The lowest BCUT2D eigenvalue weighted by molar-refractivity contribution is 0.593. The first kappa shape index (κ1) is 10.0. The topological polar surface area (TPSA) is 60.2 Å². The molecule has 14 heavy (non-hydrogen) atoms. The van der Waals surface area contributed by atoms with E-state index in [1.54, 1.807) is 11.8 Å². The van der Waals surface area contributed by atoms with Crippen molar-refractivity contribution in [3.05, 3.63) is 29.8 Å². The van der Waals surface area contributed by atoms with Crippen molar-refractivity contribution in [2.45, 2.75) is 10.8 Å². The average Bonchev–Trinajstić information content (AvgIpc) is 2.47. The van der Waals surface area contributed by atoms with E-state index in [2.05, 4.69) is 0 Å². The molecule has 0 saturated heterocycles. The molecule has 0 aromatic heterocycles. The molecule has 2 N–H and O–H groups in total. The standard InChI is InChI=1S/C9H11NO2S2/c10-14(11,12)6-7-5-13-9-4-2-1-3-8(7)9/h1-4,7H,5-6H2,(H2,10,11,12). The van der Waals surface area contributed by atoms with Gasteiger partial charge in [0.25, 0.3) is 0 Å². The van der Waals surface area contributed by atoms with Gasteiger partial charge in [0.2, 0.25) is 10.0 Å². The lowest BCUT2D eigenvalue weighted by Gasteiger charge is -2.07. The van der Waals surface area contributed by atoms with Gasteiger partial charge in [0.15, 0.2) is 0 Å². The number of fused-ring (bicyclic) bond motifs is 1. The summed E-state index contributed by atoms with van der Waals surface area (Å²) in [6, 6.07) is 7.89. The van der Waals surface area contributed by atoms with E-state index in [0.29, 0.717) is 0 Å². The van der Waals surface area contributed by atoms with Gasteiger partial charge in [0.05, 0.1) is 5.75 Å². The van der Waals surface area contributed by atoms with Gasteiger partial charge in [-0.25, -0.2) is 13.6 Å². The Morgan fingerprint density at radius 3 is 2.86 bits per heavy atom. The van der Waals surface area contributed by atoms with Crippen molar-refractivity contribution in [2.24, 2.45) is 5.14 Å². The number of benzene rings is 1. The molecular weight excluding hydrogens is 218 g/mol. The van der Waals surface area contributed by atoms with Crippen LogP contribution in [0.5, 0.6) is 0 Å². The number of rotatable bonds is 2. The van der Waals surface area contributed by atoms with E-state index >= 15 is 0 Å². The highest BCUT2D eigenvalue weighted by Gasteiger charge is 2.25. The molecule has 1 heterocycles. The highest BCUT2D eigenvalue weighted by atomic mass is 32.2. The summed E-state index contributed by atoms with van der Waals surface area (Å²) in [4.78, 5) is 1.18. The molecule has 1 aromatic rings. The molecule has 1 aliphatic rings. The zero-order chi connectivity index (χ0) is 10.2. The first-order valence-corrected chi connectivity index (χ1v) is 6.98. The van der Waals surface area contributed by atoms with Crippen molar-refractivity contribution < 1.29 is 8.42 Å². The lowest BCUT2D eigenvalue weighted by Crippen LogP contribution is -2.21. The van der Waals surface area contributed by atoms with Crippen LogP contribution < -0.4 is 5.14 Å². The summed E-state index contributed by atoms with van der Waals surface area (Å²) in [6.07, 6.45) is 0. The van der Waals surface area contributed by atoms with Crippen molar-refractivity contribution >= 4 is 21.8 Å². The third-order valence-electron chi connectivity index (χ3n) is 2.23. The van der Waals surface area contributed by atoms with Crippen LogP contribution in [-0.2, 0) is 10.0 Å². The van der Waals surface area contributed by atoms with E-state index in [0.717, 1.165) is 11.3 Å². The molecule has 1 aliphatic heterocycles. The number of primary sulfonamides is 1. The molecule has 1 atom stereocenters. The summed E-state index contributed by atoms with van der Waals surface area (Å²) >= 11 is 1.70. The van der Waals surface area contributed by atoms with Gasteiger partial charge < -0.3 is 0 Å². The monoisotopic (exact) mass is 229 g/mol. The fourth-order valence-electron chi connectivity index (χ4n) is 1.65. The smallest absolute Gasteiger partial charge is 0.209 e. The van der Waals surface area contributed by atoms with Gasteiger partial charge >= 0.3 is 0 Å². The van der Waals surface area contributed by atoms with Crippen LogP contribution in [0.15, 0.2) is 29.2 Å². The van der Waals surface area contributed by atoms with Gasteiger partial charge in [-0.1, -0.05) is 18.2 Å². The third kappa shape index (κ3) is 2.10. The maximum Gasteiger partial charge on any atom is 0.209 e. The Labute approximate surface area is 87.7 Å². The molecule has 0 spiro atoms. The van der Waals surface area contributed by atoms with Gasteiger partial charge in [0.1, 0.15) is 0 Å². The fraction of sp³-hybridized carbons (Fsp3) is 0.333. The number of hydrogen-bond acceptors (Lipinski definition) is 3. The molecule has 3 nitrogen and oxygen atoms in total. The molecule has 0 aliphatic carbocycles. The molecule has 0 bridgehead atoms. The Morgan fingerprint density at radius 2 is 2.14 bits per heavy atom.